The van der Waals surface area contributed by atoms with Gasteiger partial charge in [0.15, 0.2) is 0 Å². The van der Waals surface area contributed by atoms with Crippen LogP contribution in [-0.2, 0) is 0 Å². The van der Waals surface area contributed by atoms with Gasteiger partial charge < -0.3 is 5.73 Å². The predicted molar refractivity (Wildman–Crippen MR) is 38.3 cm³/mol. The Balaban J connectivity index is 2.14. The van der Waals surface area contributed by atoms with E-state index in [0.29, 0.717) is 5.95 Å². The SMILES string of the molecule is Nc1nc(Nc2nn[nH]n2)n[nH]1. The van der Waals surface area contributed by atoms with Crippen molar-refractivity contribution in [1.29, 1.82) is 0 Å². The number of nitrogen functional groups attached to an aromatic ring is 1. The molecule has 0 amide bonds. The third-order valence-electron chi connectivity index (χ3n) is 1.07. The normalized spacial score (nSPS) is 10.0. The van der Waals surface area contributed by atoms with E-state index in [0.717, 1.165) is 0 Å². The number of aromatic nitrogens is 7. The number of aromatic amines is 2. The van der Waals surface area contributed by atoms with Crippen molar-refractivity contribution >= 4 is 17.8 Å². The highest BCUT2D eigenvalue weighted by atomic mass is 15.5. The summed E-state index contributed by atoms with van der Waals surface area (Å²) in [7, 11) is 0. The molecule has 5 N–H and O–H groups in total. The lowest BCUT2D eigenvalue weighted by atomic mass is 10.9. The Kier molecular flexibility index (Phi) is 1.33. The van der Waals surface area contributed by atoms with Gasteiger partial charge in [0.1, 0.15) is 0 Å². The molecule has 0 unspecified atom stereocenters. The van der Waals surface area contributed by atoms with Crippen LogP contribution in [0.1, 0.15) is 0 Å². The molecule has 62 valence electrons. The summed E-state index contributed by atoms with van der Waals surface area (Å²) < 4.78 is 0. The van der Waals surface area contributed by atoms with Crippen molar-refractivity contribution in [1.82, 2.24) is 35.8 Å². The van der Waals surface area contributed by atoms with Crippen molar-refractivity contribution in [2.24, 2.45) is 0 Å². The lowest BCUT2D eigenvalue weighted by Crippen LogP contribution is -1.94. The zero-order chi connectivity index (χ0) is 8.39. The summed E-state index contributed by atoms with van der Waals surface area (Å²) in [6.45, 7) is 0. The van der Waals surface area contributed by atoms with Crippen molar-refractivity contribution in [2.75, 3.05) is 11.1 Å². The van der Waals surface area contributed by atoms with Crippen LogP contribution in [0.15, 0.2) is 0 Å². The minimum atomic E-state index is 0.223. The van der Waals surface area contributed by atoms with E-state index in [2.05, 4.69) is 41.1 Å². The molecule has 2 heterocycles. The van der Waals surface area contributed by atoms with Gasteiger partial charge in [0.05, 0.1) is 0 Å². The van der Waals surface area contributed by atoms with Gasteiger partial charge in [-0.15, -0.1) is 10.2 Å². The Labute approximate surface area is 65.8 Å². The van der Waals surface area contributed by atoms with E-state index < -0.39 is 0 Å². The monoisotopic (exact) mass is 167 g/mol. The summed E-state index contributed by atoms with van der Waals surface area (Å²) in [5.74, 6) is 0.809. The highest BCUT2D eigenvalue weighted by Gasteiger charge is 2.02. The molecule has 0 fully saturated rings. The van der Waals surface area contributed by atoms with Gasteiger partial charge in [0.2, 0.25) is 5.95 Å². The molecule has 9 nitrogen and oxygen atoms in total. The van der Waals surface area contributed by atoms with Crippen LogP contribution in [0.4, 0.5) is 17.8 Å². The van der Waals surface area contributed by atoms with Crippen LogP contribution in [0.25, 0.3) is 0 Å². The van der Waals surface area contributed by atoms with Crippen molar-refractivity contribution in [2.45, 2.75) is 0 Å². The first-order valence-corrected chi connectivity index (χ1v) is 3.03. The molecule has 0 atom stereocenters. The van der Waals surface area contributed by atoms with Crippen LogP contribution in [0.2, 0.25) is 0 Å². The highest BCUT2D eigenvalue weighted by molar-refractivity contribution is 5.41. The van der Waals surface area contributed by atoms with Gasteiger partial charge in [-0.1, -0.05) is 5.10 Å². The zero-order valence-corrected chi connectivity index (χ0v) is 5.81. The van der Waals surface area contributed by atoms with Crippen LogP contribution < -0.4 is 11.1 Å². The third kappa shape index (κ3) is 1.14. The first kappa shape index (κ1) is 6.52. The molecule has 0 spiro atoms. The molecule has 0 aliphatic rings. The number of H-pyrrole nitrogens is 2. The zero-order valence-electron chi connectivity index (χ0n) is 5.81. The van der Waals surface area contributed by atoms with Crippen molar-refractivity contribution in [3.8, 4) is 0 Å². The Hall–Kier alpha value is -2.19. The van der Waals surface area contributed by atoms with Gasteiger partial charge in [0.25, 0.3) is 11.9 Å². The Bertz CT molecular complexity index is 345. The standard InChI is InChI=1S/C3H5N9/c4-1-5-2(8-7-1)6-3-9-11-12-10-3/h(H5,4,5,6,7,8,9,10,11,12). The van der Waals surface area contributed by atoms with Crippen LogP contribution in [0.5, 0.6) is 0 Å². The third-order valence-corrected chi connectivity index (χ3v) is 1.07. The first-order valence-electron chi connectivity index (χ1n) is 3.03. The maximum absolute atomic E-state index is 5.27. The number of nitrogens with one attached hydrogen (secondary N) is 3. The van der Waals surface area contributed by atoms with Crippen molar-refractivity contribution in [3.05, 3.63) is 0 Å². The summed E-state index contributed by atoms with van der Waals surface area (Å²) in [6, 6.07) is 0. The van der Waals surface area contributed by atoms with Gasteiger partial charge in [-0.3, -0.25) is 5.32 Å². The molecular formula is C3H5N9. The molecule has 12 heavy (non-hydrogen) atoms. The van der Waals surface area contributed by atoms with E-state index in [9.17, 15) is 0 Å². The second kappa shape index (κ2) is 2.45. The van der Waals surface area contributed by atoms with Crippen LogP contribution in [0.3, 0.4) is 0 Å². The fourth-order valence-electron chi connectivity index (χ4n) is 0.645. The largest absolute Gasteiger partial charge is 0.368 e. The molecule has 0 saturated heterocycles. The Morgan fingerprint density at radius 3 is 2.75 bits per heavy atom. The van der Waals surface area contributed by atoms with Crippen LogP contribution in [-0.4, -0.2) is 35.8 Å². The van der Waals surface area contributed by atoms with Crippen LogP contribution in [0, 0.1) is 0 Å². The fourth-order valence-corrected chi connectivity index (χ4v) is 0.645. The summed E-state index contributed by atoms with van der Waals surface area (Å²) in [5.41, 5.74) is 5.27. The number of tetrazole rings is 1. The lowest BCUT2D eigenvalue weighted by Gasteiger charge is -1.89. The molecule has 0 saturated carbocycles. The van der Waals surface area contributed by atoms with Crippen LogP contribution >= 0.6 is 0 Å². The second-order valence-electron chi connectivity index (χ2n) is 1.90. The molecule has 0 bridgehead atoms. The van der Waals surface area contributed by atoms with E-state index >= 15 is 0 Å². The Morgan fingerprint density at radius 2 is 2.17 bits per heavy atom. The van der Waals surface area contributed by atoms with Crippen molar-refractivity contribution in [3.63, 3.8) is 0 Å². The van der Waals surface area contributed by atoms with E-state index in [1.54, 1.807) is 0 Å². The minimum Gasteiger partial charge on any atom is -0.368 e. The molecule has 2 rings (SSSR count). The van der Waals surface area contributed by atoms with E-state index in [1.165, 1.54) is 0 Å². The summed E-state index contributed by atoms with van der Waals surface area (Å²) >= 11 is 0. The van der Waals surface area contributed by atoms with Gasteiger partial charge in [-0.25, -0.2) is 5.10 Å². The number of nitrogens with zero attached hydrogens (tertiary/aromatic N) is 5. The van der Waals surface area contributed by atoms with E-state index in [4.69, 9.17) is 5.73 Å². The average Bonchev–Trinajstić information content (AvgIpc) is 2.63. The smallest absolute Gasteiger partial charge is 0.269 e. The predicted octanol–water partition coefficient (Wildman–Crippen LogP) is -1.36. The number of nitrogens with two attached hydrogens (primary N) is 1. The number of rotatable bonds is 2. The Morgan fingerprint density at radius 1 is 1.25 bits per heavy atom. The van der Waals surface area contributed by atoms with E-state index in [1.807, 2.05) is 0 Å². The van der Waals surface area contributed by atoms with Gasteiger partial charge in [-0.2, -0.15) is 10.2 Å². The quantitative estimate of drug-likeness (QED) is 0.434. The molecule has 0 aliphatic heterocycles. The van der Waals surface area contributed by atoms with Crippen molar-refractivity contribution < 1.29 is 0 Å². The van der Waals surface area contributed by atoms with Gasteiger partial charge >= 0.3 is 0 Å². The molecule has 0 radical (unpaired) electrons. The summed E-state index contributed by atoms with van der Waals surface area (Å²) in [4.78, 5) is 3.76. The highest BCUT2D eigenvalue weighted by Crippen LogP contribution is 2.03. The molecule has 0 aliphatic carbocycles. The summed E-state index contributed by atoms with van der Waals surface area (Å²) in [5, 5.41) is 21.7. The average molecular weight is 167 g/mol. The second-order valence-corrected chi connectivity index (χ2v) is 1.90. The minimum absolute atomic E-state index is 0.223. The molecule has 2 aromatic heterocycles. The maximum Gasteiger partial charge on any atom is 0.269 e. The topological polar surface area (TPSA) is 134 Å². The number of hydrogen-bond donors (Lipinski definition) is 4. The molecule has 0 aromatic carbocycles. The fraction of sp³-hybridized carbons (Fsp3) is 0. The molecular weight excluding hydrogens is 162 g/mol. The lowest BCUT2D eigenvalue weighted by molar-refractivity contribution is 0.881. The van der Waals surface area contributed by atoms with E-state index in [-0.39, 0.29) is 11.9 Å². The van der Waals surface area contributed by atoms with Gasteiger partial charge in [0, 0.05) is 0 Å². The summed E-state index contributed by atoms with van der Waals surface area (Å²) in [6.07, 6.45) is 0. The van der Waals surface area contributed by atoms with Gasteiger partial charge in [-0.05, 0) is 5.21 Å². The number of anilines is 3. The maximum atomic E-state index is 5.27. The number of hydrogen-bond acceptors (Lipinski definition) is 7. The molecule has 9 heteroatoms. The first-order chi connectivity index (χ1) is 5.84. The molecule has 2 aromatic rings.